The fourth-order valence-electron chi connectivity index (χ4n) is 1.89. The third-order valence-electron chi connectivity index (χ3n) is 3.17. The number of rotatable bonds is 2. The molecule has 1 fully saturated rings. The number of para-hydroxylation sites is 1. The summed E-state index contributed by atoms with van der Waals surface area (Å²) < 4.78 is 0. The molecule has 0 bridgehead atoms. The molecule has 1 aliphatic rings. The molecule has 1 aromatic rings. The van der Waals surface area contributed by atoms with Gasteiger partial charge in [-0.2, -0.15) is 0 Å². The number of carbonyl (C=O) groups excluding carboxylic acids is 1. The predicted molar refractivity (Wildman–Crippen MR) is 56.9 cm³/mol. The molecule has 0 spiro atoms. The second kappa shape index (κ2) is 3.45. The Hall–Kier alpha value is -1.31. The van der Waals surface area contributed by atoms with Crippen LogP contribution in [-0.4, -0.2) is 5.91 Å². The summed E-state index contributed by atoms with van der Waals surface area (Å²) in [5.41, 5.74) is 0.892. The lowest BCUT2D eigenvalue weighted by molar-refractivity contribution is -0.117. The van der Waals surface area contributed by atoms with Crippen LogP contribution in [0, 0.1) is 17.8 Å². The van der Waals surface area contributed by atoms with Crippen LogP contribution < -0.4 is 5.32 Å². The molecule has 1 aliphatic carbocycles. The minimum atomic E-state index is 0.163. The van der Waals surface area contributed by atoms with Crippen LogP contribution in [0.3, 0.4) is 0 Å². The summed E-state index contributed by atoms with van der Waals surface area (Å²) in [6.45, 7) is 4.25. The average Bonchev–Trinajstić information content (AvgIpc) is 2.76. The SMILES string of the molecule is CC1C(C)C1C(=O)Nc1ccccc1. The third-order valence-corrected chi connectivity index (χ3v) is 3.17. The number of benzene rings is 1. The zero-order chi connectivity index (χ0) is 10.1. The van der Waals surface area contributed by atoms with Gasteiger partial charge in [-0.15, -0.1) is 0 Å². The highest BCUT2D eigenvalue weighted by Crippen LogP contribution is 2.45. The molecule has 0 heterocycles. The number of hydrogen-bond donors (Lipinski definition) is 1. The molecule has 2 atom stereocenters. The molecule has 1 amide bonds. The standard InChI is InChI=1S/C12H15NO/c1-8-9(2)11(8)12(14)13-10-6-4-3-5-7-10/h3-9,11H,1-2H3,(H,13,14). The molecule has 1 aromatic carbocycles. The van der Waals surface area contributed by atoms with E-state index in [1.165, 1.54) is 0 Å². The molecule has 2 rings (SSSR count). The first-order valence-electron chi connectivity index (χ1n) is 5.06. The lowest BCUT2D eigenvalue weighted by Crippen LogP contribution is -2.14. The zero-order valence-electron chi connectivity index (χ0n) is 8.53. The Morgan fingerprint density at radius 2 is 1.71 bits per heavy atom. The molecule has 2 unspecified atom stereocenters. The normalized spacial score (nSPS) is 29.7. The van der Waals surface area contributed by atoms with Crippen molar-refractivity contribution in [3.8, 4) is 0 Å². The van der Waals surface area contributed by atoms with Gasteiger partial charge in [-0.1, -0.05) is 32.0 Å². The zero-order valence-corrected chi connectivity index (χ0v) is 8.53. The molecule has 0 aliphatic heterocycles. The quantitative estimate of drug-likeness (QED) is 0.761. The van der Waals surface area contributed by atoms with Gasteiger partial charge in [-0.05, 0) is 24.0 Å². The van der Waals surface area contributed by atoms with E-state index >= 15 is 0 Å². The fourth-order valence-corrected chi connectivity index (χ4v) is 1.89. The Labute approximate surface area is 84.3 Å². The van der Waals surface area contributed by atoms with Gasteiger partial charge < -0.3 is 5.32 Å². The van der Waals surface area contributed by atoms with E-state index in [-0.39, 0.29) is 11.8 Å². The molecule has 1 N–H and O–H groups in total. The van der Waals surface area contributed by atoms with Crippen LogP contribution in [0.2, 0.25) is 0 Å². The topological polar surface area (TPSA) is 29.1 Å². The third kappa shape index (κ3) is 1.65. The molecule has 0 saturated heterocycles. The molecule has 14 heavy (non-hydrogen) atoms. The first-order valence-corrected chi connectivity index (χ1v) is 5.06. The van der Waals surface area contributed by atoms with Gasteiger partial charge in [-0.3, -0.25) is 4.79 Å². The maximum Gasteiger partial charge on any atom is 0.228 e. The highest BCUT2D eigenvalue weighted by molar-refractivity contribution is 5.94. The molecular formula is C12H15NO. The van der Waals surface area contributed by atoms with E-state index in [1.807, 2.05) is 30.3 Å². The number of anilines is 1. The second-order valence-electron chi connectivity index (χ2n) is 4.10. The van der Waals surface area contributed by atoms with Crippen molar-refractivity contribution < 1.29 is 4.79 Å². The van der Waals surface area contributed by atoms with Gasteiger partial charge in [0.25, 0.3) is 0 Å². The predicted octanol–water partition coefficient (Wildman–Crippen LogP) is 2.53. The fraction of sp³-hybridized carbons (Fsp3) is 0.417. The van der Waals surface area contributed by atoms with Gasteiger partial charge >= 0.3 is 0 Å². The van der Waals surface area contributed by atoms with Crippen LogP contribution in [0.5, 0.6) is 0 Å². The molecule has 1 saturated carbocycles. The number of amides is 1. The van der Waals surface area contributed by atoms with Gasteiger partial charge in [0.2, 0.25) is 5.91 Å². The van der Waals surface area contributed by atoms with E-state index in [0.717, 1.165) is 5.69 Å². The molecule has 0 aromatic heterocycles. The van der Waals surface area contributed by atoms with Crippen LogP contribution in [0.1, 0.15) is 13.8 Å². The highest BCUT2D eigenvalue weighted by atomic mass is 16.2. The second-order valence-corrected chi connectivity index (χ2v) is 4.10. The van der Waals surface area contributed by atoms with Gasteiger partial charge in [0, 0.05) is 11.6 Å². The largest absolute Gasteiger partial charge is 0.326 e. The summed E-state index contributed by atoms with van der Waals surface area (Å²) in [4.78, 5) is 11.7. The van der Waals surface area contributed by atoms with Crippen molar-refractivity contribution in [3.05, 3.63) is 30.3 Å². The van der Waals surface area contributed by atoms with E-state index in [0.29, 0.717) is 11.8 Å². The van der Waals surface area contributed by atoms with Gasteiger partial charge in [0.1, 0.15) is 0 Å². The van der Waals surface area contributed by atoms with Crippen molar-refractivity contribution in [3.63, 3.8) is 0 Å². The Kier molecular flexibility index (Phi) is 2.28. The van der Waals surface area contributed by atoms with Gasteiger partial charge in [0.05, 0.1) is 0 Å². The van der Waals surface area contributed by atoms with E-state index in [4.69, 9.17) is 0 Å². The number of carbonyl (C=O) groups is 1. The van der Waals surface area contributed by atoms with E-state index < -0.39 is 0 Å². The summed E-state index contributed by atoms with van der Waals surface area (Å²) in [5, 5.41) is 2.93. The highest BCUT2D eigenvalue weighted by Gasteiger charge is 2.48. The van der Waals surface area contributed by atoms with E-state index in [9.17, 15) is 4.79 Å². The van der Waals surface area contributed by atoms with E-state index in [2.05, 4.69) is 19.2 Å². The van der Waals surface area contributed by atoms with Crippen LogP contribution >= 0.6 is 0 Å². The Balaban J connectivity index is 1.96. The maximum absolute atomic E-state index is 11.7. The van der Waals surface area contributed by atoms with Crippen molar-refractivity contribution in [1.29, 1.82) is 0 Å². The van der Waals surface area contributed by atoms with Gasteiger partial charge in [-0.25, -0.2) is 0 Å². The lowest BCUT2D eigenvalue weighted by atomic mass is 10.2. The Morgan fingerprint density at radius 3 is 2.21 bits per heavy atom. The summed E-state index contributed by atoms with van der Waals surface area (Å²) in [7, 11) is 0. The monoisotopic (exact) mass is 189 g/mol. The summed E-state index contributed by atoms with van der Waals surface area (Å²) >= 11 is 0. The number of nitrogens with one attached hydrogen (secondary N) is 1. The van der Waals surface area contributed by atoms with E-state index in [1.54, 1.807) is 0 Å². The van der Waals surface area contributed by atoms with Gasteiger partial charge in [0.15, 0.2) is 0 Å². The Bertz CT molecular complexity index is 325. The molecule has 74 valence electrons. The average molecular weight is 189 g/mol. The molecular weight excluding hydrogens is 174 g/mol. The molecule has 2 nitrogen and oxygen atoms in total. The van der Waals surface area contributed by atoms with Crippen molar-refractivity contribution in [2.75, 3.05) is 5.32 Å². The Morgan fingerprint density at radius 1 is 1.14 bits per heavy atom. The first-order chi connectivity index (χ1) is 6.70. The first kappa shape index (κ1) is 9.25. The van der Waals surface area contributed by atoms with Crippen molar-refractivity contribution >= 4 is 11.6 Å². The van der Waals surface area contributed by atoms with Crippen LogP contribution in [0.15, 0.2) is 30.3 Å². The maximum atomic E-state index is 11.7. The van der Waals surface area contributed by atoms with Crippen LogP contribution in [-0.2, 0) is 4.79 Å². The van der Waals surface area contributed by atoms with Crippen LogP contribution in [0.25, 0.3) is 0 Å². The molecule has 2 heteroatoms. The van der Waals surface area contributed by atoms with Crippen molar-refractivity contribution in [1.82, 2.24) is 0 Å². The van der Waals surface area contributed by atoms with Crippen LogP contribution in [0.4, 0.5) is 5.69 Å². The molecule has 0 radical (unpaired) electrons. The minimum absolute atomic E-state index is 0.163. The number of hydrogen-bond acceptors (Lipinski definition) is 1. The summed E-state index contributed by atoms with van der Waals surface area (Å²) in [5.74, 6) is 1.46. The lowest BCUT2D eigenvalue weighted by Gasteiger charge is -2.03. The van der Waals surface area contributed by atoms with Crippen molar-refractivity contribution in [2.45, 2.75) is 13.8 Å². The summed E-state index contributed by atoms with van der Waals surface area (Å²) in [6, 6.07) is 9.62. The van der Waals surface area contributed by atoms with Crippen molar-refractivity contribution in [2.24, 2.45) is 17.8 Å². The smallest absolute Gasteiger partial charge is 0.228 e. The summed E-state index contributed by atoms with van der Waals surface area (Å²) in [6.07, 6.45) is 0. The minimum Gasteiger partial charge on any atom is -0.326 e.